The first-order valence-corrected chi connectivity index (χ1v) is 5.62. The van der Waals surface area contributed by atoms with Crippen molar-refractivity contribution in [1.29, 1.82) is 0 Å². The fourth-order valence-electron chi connectivity index (χ4n) is 1.54. The minimum Gasteiger partial charge on any atom is -0.480 e. The van der Waals surface area contributed by atoms with E-state index in [-0.39, 0.29) is 0 Å². The number of carbonyl (C=O) groups is 2. The molecule has 19 heavy (non-hydrogen) atoms. The van der Waals surface area contributed by atoms with Crippen LogP contribution in [-0.4, -0.2) is 23.0 Å². The molecule has 0 fully saturated rings. The summed E-state index contributed by atoms with van der Waals surface area (Å²) in [7, 11) is 0. The van der Waals surface area contributed by atoms with E-state index < -0.39 is 40.5 Å². The Balaban J connectivity index is 3.02. The van der Waals surface area contributed by atoms with Gasteiger partial charge in [0, 0.05) is 0 Å². The van der Waals surface area contributed by atoms with Gasteiger partial charge in [0.15, 0.2) is 11.6 Å². The second-order valence-corrected chi connectivity index (χ2v) is 5.21. The van der Waals surface area contributed by atoms with E-state index in [4.69, 9.17) is 5.11 Å². The summed E-state index contributed by atoms with van der Waals surface area (Å²) >= 11 is 0. The Morgan fingerprint density at radius 2 is 1.84 bits per heavy atom. The molecular weight excluding hydrogens is 256 g/mol. The molecule has 1 aromatic carbocycles. The van der Waals surface area contributed by atoms with Crippen LogP contribution in [0.4, 0.5) is 8.78 Å². The van der Waals surface area contributed by atoms with Crippen LogP contribution in [0.25, 0.3) is 0 Å². The number of hydrogen-bond acceptors (Lipinski definition) is 2. The summed E-state index contributed by atoms with van der Waals surface area (Å²) in [6.07, 6.45) is 0. The van der Waals surface area contributed by atoms with Gasteiger partial charge in [-0.25, -0.2) is 13.6 Å². The van der Waals surface area contributed by atoms with Crippen LogP contribution >= 0.6 is 0 Å². The molecule has 4 nitrogen and oxygen atoms in total. The number of rotatable bonds is 3. The van der Waals surface area contributed by atoms with Crippen LogP contribution in [0.2, 0.25) is 0 Å². The molecule has 0 heterocycles. The Labute approximate surface area is 109 Å². The molecule has 104 valence electrons. The molecule has 6 heteroatoms. The lowest BCUT2D eigenvalue weighted by Gasteiger charge is -2.27. The van der Waals surface area contributed by atoms with Gasteiger partial charge in [0.25, 0.3) is 5.91 Å². The molecule has 2 N–H and O–H groups in total. The molecule has 0 bridgehead atoms. The molecule has 1 atom stereocenters. The zero-order valence-electron chi connectivity index (χ0n) is 10.8. The number of halogens is 2. The second kappa shape index (κ2) is 5.34. The Bertz CT molecular complexity index is 509. The molecule has 1 rings (SSSR count). The van der Waals surface area contributed by atoms with Gasteiger partial charge in [0.05, 0.1) is 5.56 Å². The van der Waals surface area contributed by atoms with Crippen LogP contribution in [0, 0.1) is 17.0 Å². The lowest BCUT2D eigenvalue weighted by Crippen LogP contribution is -2.49. The Morgan fingerprint density at radius 1 is 1.26 bits per heavy atom. The highest BCUT2D eigenvalue weighted by Crippen LogP contribution is 2.20. The van der Waals surface area contributed by atoms with Crippen molar-refractivity contribution >= 4 is 11.9 Å². The van der Waals surface area contributed by atoms with E-state index in [0.29, 0.717) is 0 Å². The molecule has 1 amide bonds. The van der Waals surface area contributed by atoms with Gasteiger partial charge in [0.2, 0.25) is 0 Å². The standard InChI is InChI=1S/C13H15F2NO3/c1-13(2,3)10(12(18)19)16-11(17)7-5-4-6-8(14)9(7)15/h4-6,10H,1-3H3,(H,16,17)(H,18,19)/t10-/m0/s1. The number of carboxylic acid groups (broad SMARTS) is 1. The number of carboxylic acids is 1. The van der Waals surface area contributed by atoms with Gasteiger partial charge in [-0.15, -0.1) is 0 Å². The van der Waals surface area contributed by atoms with Crippen LogP contribution in [0.3, 0.4) is 0 Å². The molecule has 0 unspecified atom stereocenters. The maximum atomic E-state index is 13.4. The summed E-state index contributed by atoms with van der Waals surface area (Å²) in [6.45, 7) is 4.86. The Kier molecular flexibility index (Phi) is 4.24. The van der Waals surface area contributed by atoms with Crippen LogP contribution < -0.4 is 5.32 Å². The van der Waals surface area contributed by atoms with E-state index in [1.54, 1.807) is 20.8 Å². The zero-order valence-corrected chi connectivity index (χ0v) is 10.8. The van der Waals surface area contributed by atoms with E-state index in [0.717, 1.165) is 12.1 Å². The number of benzene rings is 1. The van der Waals surface area contributed by atoms with Crippen molar-refractivity contribution in [3.63, 3.8) is 0 Å². The molecule has 0 saturated heterocycles. The van der Waals surface area contributed by atoms with Gasteiger partial charge >= 0.3 is 5.97 Å². The molecule has 0 radical (unpaired) electrons. The van der Waals surface area contributed by atoms with E-state index in [1.165, 1.54) is 6.07 Å². The molecule has 0 aliphatic rings. The molecule has 0 aromatic heterocycles. The van der Waals surface area contributed by atoms with Gasteiger partial charge in [-0.2, -0.15) is 0 Å². The van der Waals surface area contributed by atoms with Crippen molar-refractivity contribution in [2.24, 2.45) is 5.41 Å². The van der Waals surface area contributed by atoms with Crippen molar-refractivity contribution in [1.82, 2.24) is 5.32 Å². The number of amides is 1. The molecule has 0 saturated carbocycles. The largest absolute Gasteiger partial charge is 0.480 e. The second-order valence-electron chi connectivity index (χ2n) is 5.21. The number of nitrogens with one attached hydrogen (secondary N) is 1. The van der Waals surface area contributed by atoms with E-state index >= 15 is 0 Å². The van der Waals surface area contributed by atoms with Gasteiger partial charge < -0.3 is 10.4 Å². The quantitative estimate of drug-likeness (QED) is 0.885. The van der Waals surface area contributed by atoms with Gasteiger partial charge in [-0.1, -0.05) is 26.8 Å². The monoisotopic (exact) mass is 271 g/mol. The minimum atomic E-state index is -1.29. The Hall–Kier alpha value is -1.98. The van der Waals surface area contributed by atoms with Crippen molar-refractivity contribution in [2.75, 3.05) is 0 Å². The predicted molar refractivity (Wildman–Crippen MR) is 64.7 cm³/mol. The minimum absolute atomic E-state index is 0.518. The fourth-order valence-corrected chi connectivity index (χ4v) is 1.54. The van der Waals surface area contributed by atoms with E-state index in [9.17, 15) is 18.4 Å². The zero-order chi connectivity index (χ0) is 14.8. The highest BCUT2D eigenvalue weighted by molar-refractivity contribution is 5.97. The third-order valence-corrected chi connectivity index (χ3v) is 2.58. The van der Waals surface area contributed by atoms with Crippen LogP contribution in [0.5, 0.6) is 0 Å². The average Bonchev–Trinajstić information content (AvgIpc) is 2.27. The lowest BCUT2D eigenvalue weighted by atomic mass is 9.86. The third-order valence-electron chi connectivity index (χ3n) is 2.58. The van der Waals surface area contributed by atoms with Gasteiger partial charge in [0.1, 0.15) is 6.04 Å². The summed E-state index contributed by atoms with van der Waals surface area (Å²) < 4.78 is 26.4. The normalized spacial score (nSPS) is 12.9. The van der Waals surface area contributed by atoms with Crippen molar-refractivity contribution in [3.05, 3.63) is 35.4 Å². The first-order chi connectivity index (χ1) is 8.64. The smallest absolute Gasteiger partial charge is 0.326 e. The van der Waals surface area contributed by atoms with Crippen molar-refractivity contribution < 1.29 is 23.5 Å². The summed E-state index contributed by atoms with van der Waals surface area (Å²) in [5.41, 5.74) is -1.28. The summed E-state index contributed by atoms with van der Waals surface area (Å²) in [6, 6.07) is 1.95. The molecule has 0 aliphatic heterocycles. The summed E-state index contributed by atoms with van der Waals surface area (Å²) in [5.74, 6) is -4.65. The molecule has 1 aromatic rings. The maximum absolute atomic E-state index is 13.4. The van der Waals surface area contributed by atoms with Crippen LogP contribution in [-0.2, 0) is 4.79 Å². The SMILES string of the molecule is CC(C)(C)[C@@H](NC(=O)c1cccc(F)c1F)C(=O)O. The number of hydrogen-bond donors (Lipinski definition) is 2. The molecule has 0 aliphatic carbocycles. The molecule has 0 spiro atoms. The maximum Gasteiger partial charge on any atom is 0.326 e. The third kappa shape index (κ3) is 3.49. The summed E-state index contributed by atoms with van der Waals surface area (Å²) in [5, 5.41) is 11.2. The van der Waals surface area contributed by atoms with Gasteiger partial charge in [-0.3, -0.25) is 4.79 Å². The highest BCUT2D eigenvalue weighted by Gasteiger charge is 2.33. The van der Waals surface area contributed by atoms with E-state index in [2.05, 4.69) is 5.32 Å². The average molecular weight is 271 g/mol. The van der Waals surface area contributed by atoms with Crippen molar-refractivity contribution in [2.45, 2.75) is 26.8 Å². The summed E-state index contributed by atoms with van der Waals surface area (Å²) in [4.78, 5) is 22.9. The van der Waals surface area contributed by atoms with Crippen LogP contribution in [0.1, 0.15) is 31.1 Å². The first kappa shape index (κ1) is 15.1. The first-order valence-electron chi connectivity index (χ1n) is 5.62. The predicted octanol–water partition coefficient (Wildman–Crippen LogP) is 2.19. The Morgan fingerprint density at radius 3 is 2.32 bits per heavy atom. The number of carbonyl (C=O) groups excluding carboxylic acids is 1. The highest BCUT2D eigenvalue weighted by atomic mass is 19.2. The fraction of sp³-hybridized carbons (Fsp3) is 0.385. The number of aliphatic carboxylic acids is 1. The van der Waals surface area contributed by atoms with Crippen LogP contribution in [0.15, 0.2) is 18.2 Å². The molecular formula is C13H15F2NO3. The topological polar surface area (TPSA) is 66.4 Å². The van der Waals surface area contributed by atoms with E-state index in [1.807, 2.05) is 0 Å². The lowest BCUT2D eigenvalue weighted by molar-refractivity contribution is -0.142. The van der Waals surface area contributed by atoms with Gasteiger partial charge in [-0.05, 0) is 17.5 Å². The van der Waals surface area contributed by atoms with Crippen molar-refractivity contribution in [3.8, 4) is 0 Å².